The lowest BCUT2D eigenvalue weighted by molar-refractivity contribution is -0.246. The molecule has 1 unspecified atom stereocenters. The van der Waals surface area contributed by atoms with Gasteiger partial charge in [-0.25, -0.2) is 0 Å². The van der Waals surface area contributed by atoms with Crippen LogP contribution in [0, 0.1) is 6.92 Å². The fourth-order valence-electron chi connectivity index (χ4n) is 2.22. The maximum absolute atomic E-state index is 11.9. The molecule has 1 fully saturated rings. The Balaban J connectivity index is 2.06. The van der Waals surface area contributed by atoms with E-state index in [1.807, 2.05) is 0 Å². The van der Waals surface area contributed by atoms with E-state index in [2.05, 4.69) is 5.32 Å². The van der Waals surface area contributed by atoms with Gasteiger partial charge in [-0.2, -0.15) is 0 Å². The highest BCUT2D eigenvalue weighted by atomic mass is 16.6. The van der Waals surface area contributed by atoms with Gasteiger partial charge in [-0.05, 0) is 25.5 Å². The Morgan fingerprint density at radius 3 is 2.55 bits per heavy atom. The molecule has 1 aliphatic rings. The number of nitrogens with one attached hydrogen (secondary N) is 1. The summed E-state index contributed by atoms with van der Waals surface area (Å²) in [5, 5.41) is 32.1. The van der Waals surface area contributed by atoms with Crippen molar-refractivity contribution in [3.05, 3.63) is 23.7 Å². The number of aryl methyl sites for hydroxylation is 1. The van der Waals surface area contributed by atoms with Crippen molar-refractivity contribution < 1.29 is 29.3 Å². The number of ether oxygens (including phenoxy) is 1. The first-order valence-corrected chi connectivity index (χ1v) is 6.51. The summed E-state index contributed by atoms with van der Waals surface area (Å²) in [6.45, 7) is 3.46. The Hall–Kier alpha value is -1.41. The van der Waals surface area contributed by atoms with E-state index in [-0.39, 0.29) is 5.76 Å². The fourth-order valence-corrected chi connectivity index (χ4v) is 2.22. The van der Waals surface area contributed by atoms with E-state index >= 15 is 0 Å². The van der Waals surface area contributed by atoms with Gasteiger partial charge in [-0.3, -0.25) is 4.79 Å². The normalized spacial score (nSPS) is 34.0. The molecule has 4 N–H and O–H groups in total. The third-order valence-electron chi connectivity index (χ3n) is 3.38. The van der Waals surface area contributed by atoms with E-state index in [1.54, 1.807) is 19.9 Å². The van der Waals surface area contributed by atoms with Gasteiger partial charge in [0.1, 0.15) is 24.0 Å². The lowest BCUT2D eigenvalue weighted by atomic mass is 9.95. The molecule has 7 heteroatoms. The van der Waals surface area contributed by atoms with E-state index in [0.29, 0.717) is 12.2 Å². The minimum Gasteiger partial charge on any atom is -0.456 e. The van der Waals surface area contributed by atoms with Crippen LogP contribution in [0.4, 0.5) is 0 Å². The minimum absolute atomic E-state index is 0.0639. The van der Waals surface area contributed by atoms with Crippen molar-refractivity contribution in [3.63, 3.8) is 0 Å². The Morgan fingerprint density at radius 1 is 1.30 bits per heavy atom. The predicted octanol–water partition coefficient (Wildman–Crippen LogP) is -0.465. The van der Waals surface area contributed by atoms with Gasteiger partial charge in [0.15, 0.2) is 12.1 Å². The van der Waals surface area contributed by atoms with Crippen molar-refractivity contribution in [1.29, 1.82) is 0 Å². The van der Waals surface area contributed by atoms with Crippen LogP contribution in [0.1, 0.15) is 29.7 Å². The van der Waals surface area contributed by atoms with Gasteiger partial charge in [0, 0.05) is 0 Å². The molecule has 1 aromatic heterocycles. The van der Waals surface area contributed by atoms with Gasteiger partial charge >= 0.3 is 0 Å². The SMILES string of the molecule is CC[C@H]1OC(O)[C@H](NC(=O)c2ccc(C)o2)[C@@H](O)[C@H]1O. The van der Waals surface area contributed by atoms with Crippen molar-refractivity contribution in [1.82, 2.24) is 5.32 Å². The summed E-state index contributed by atoms with van der Waals surface area (Å²) >= 11 is 0. The smallest absolute Gasteiger partial charge is 0.287 e. The number of hydrogen-bond acceptors (Lipinski definition) is 6. The Kier molecular flexibility index (Phi) is 4.44. The first kappa shape index (κ1) is 15.0. The number of carbonyl (C=O) groups is 1. The van der Waals surface area contributed by atoms with Crippen LogP contribution in [-0.2, 0) is 4.74 Å². The van der Waals surface area contributed by atoms with Gasteiger partial charge in [0.05, 0.1) is 6.10 Å². The Bertz CT molecular complexity index is 473. The number of hydrogen-bond donors (Lipinski definition) is 4. The topological polar surface area (TPSA) is 112 Å². The average molecular weight is 285 g/mol. The van der Waals surface area contributed by atoms with Crippen molar-refractivity contribution in [3.8, 4) is 0 Å². The number of aliphatic hydroxyl groups is 3. The second-order valence-electron chi connectivity index (χ2n) is 4.86. The second kappa shape index (κ2) is 5.92. The summed E-state index contributed by atoms with van der Waals surface area (Å²) < 4.78 is 10.3. The molecular weight excluding hydrogens is 266 g/mol. The molecule has 1 saturated heterocycles. The van der Waals surface area contributed by atoms with Crippen LogP contribution in [0.5, 0.6) is 0 Å². The highest BCUT2D eigenvalue weighted by molar-refractivity contribution is 5.91. The van der Waals surface area contributed by atoms with E-state index in [1.165, 1.54) is 6.07 Å². The van der Waals surface area contributed by atoms with Gasteiger partial charge in [0.2, 0.25) is 0 Å². The number of furan rings is 1. The third-order valence-corrected chi connectivity index (χ3v) is 3.38. The summed E-state index contributed by atoms with van der Waals surface area (Å²) in [7, 11) is 0. The molecule has 7 nitrogen and oxygen atoms in total. The summed E-state index contributed by atoms with van der Waals surface area (Å²) in [6, 6.07) is 1.99. The lowest BCUT2D eigenvalue weighted by Crippen LogP contribution is -2.63. The third kappa shape index (κ3) is 2.85. The maximum atomic E-state index is 11.9. The van der Waals surface area contributed by atoms with Gasteiger partial charge in [-0.15, -0.1) is 0 Å². The molecule has 0 aliphatic carbocycles. The molecule has 1 aromatic rings. The largest absolute Gasteiger partial charge is 0.456 e. The van der Waals surface area contributed by atoms with Crippen molar-refractivity contribution in [2.45, 2.75) is 50.9 Å². The van der Waals surface area contributed by atoms with E-state index < -0.39 is 36.6 Å². The van der Waals surface area contributed by atoms with Gasteiger partial charge in [0.25, 0.3) is 5.91 Å². The second-order valence-corrected chi connectivity index (χ2v) is 4.86. The standard InChI is InChI=1S/C13H19NO6/c1-3-7-10(15)11(16)9(13(18)20-7)14-12(17)8-5-4-6(2)19-8/h4-5,7,9-11,13,15-16,18H,3H2,1-2H3,(H,14,17)/t7-,9-,10+,11-,13?/m1/s1. The molecular formula is C13H19NO6. The van der Waals surface area contributed by atoms with Crippen LogP contribution in [0.2, 0.25) is 0 Å². The first-order chi connectivity index (χ1) is 9.43. The molecule has 2 heterocycles. The molecule has 0 bridgehead atoms. The fraction of sp³-hybridized carbons (Fsp3) is 0.615. The molecule has 0 radical (unpaired) electrons. The lowest BCUT2D eigenvalue weighted by Gasteiger charge is -2.40. The highest BCUT2D eigenvalue weighted by Gasteiger charge is 2.44. The predicted molar refractivity (Wildman–Crippen MR) is 67.9 cm³/mol. The van der Waals surface area contributed by atoms with Crippen molar-refractivity contribution in [2.24, 2.45) is 0 Å². The monoisotopic (exact) mass is 285 g/mol. The first-order valence-electron chi connectivity index (χ1n) is 6.51. The highest BCUT2D eigenvalue weighted by Crippen LogP contribution is 2.22. The quantitative estimate of drug-likeness (QED) is 0.597. The van der Waals surface area contributed by atoms with E-state index in [9.17, 15) is 20.1 Å². The van der Waals surface area contributed by atoms with Crippen LogP contribution in [0.3, 0.4) is 0 Å². The van der Waals surface area contributed by atoms with E-state index in [4.69, 9.17) is 9.15 Å². The molecule has 2 rings (SSSR count). The van der Waals surface area contributed by atoms with Crippen molar-refractivity contribution >= 4 is 5.91 Å². The maximum Gasteiger partial charge on any atom is 0.287 e. The molecule has 0 aromatic carbocycles. The van der Waals surface area contributed by atoms with Crippen LogP contribution < -0.4 is 5.32 Å². The number of aliphatic hydroxyl groups excluding tert-OH is 3. The summed E-state index contributed by atoms with van der Waals surface area (Å²) in [5.74, 6) is 0.0446. The molecule has 20 heavy (non-hydrogen) atoms. The number of carbonyl (C=O) groups excluding carboxylic acids is 1. The molecule has 5 atom stereocenters. The van der Waals surface area contributed by atoms with Crippen LogP contribution in [0.15, 0.2) is 16.5 Å². The van der Waals surface area contributed by atoms with Crippen molar-refractivity contribution in [2.75, 3.05) is 0 Å². The Morgan fingerprint density at radius 2 is 2.00 bits per heavy atom. The average Bonchev–Trinajstić information content (AvgIpc) is 2.85. The summed E-state index contributed by atoms with van der Waals surface area (Å²) in [5.41, 5.74) is 0. The molecule has 1 aliphatic heterocycles. The minimum atomic E-state index is -1.39. The van der Waals surface area contributed by atoms with Gasteiger partial charge in [-0.1, -0.05) is 6.92 Å². The zero-order chi connectivity index (χ0) is 14.9. The van der Waals surface area contributed by atoms with Crippen LogP contribution in [0.25, 0.3) is 0 Å². The number of amides is 1. The zero-order valence-corrected chi connectivity index (χ0v) is 11.3. The van der Waals surface area contributed by atoms with Gasteiger partial charge < -0.3 is 29.8 Å². The van der Waals surface area contributed by atoms with E-state index in [0.717, 1.165) is 0 Å². The molecule has 0 spiro atoms. The molecule has 0 saturated carbocycles. The summed E-state index contributed by atoms with van der Waals surface area (Å²) in [6.07, 6.45) is -4.11. The molecule has 1 amide bonds. The molecule has 112 valence electrons. The van der Waals surface area contributed by atoms with Crippen LogP contribution >= 0.6 is 0 Å². The summed E-state index contributed by atoms with van der Waals surface area (Å²) in [4.78, 5) is 11.9. The van der Waals surface area contributed by atoms with Crippen LogP contribution in [-0.4, -0.2) is 51.9 Å². The zero-order valence-electron chi connectivity index (χ0n) is 11.3. The number of rotatable bonds is 3. The Labute approximate surface area is 116 Å².